The maximum absolute atomic E-state index is 13.2. The van der Waals surface area contributed by atoms with Crippen LogP contribution in [0.15, 0.2) is 0 Å². The van der Waals surface area contributed by atoms with Crippen LogP contribution < -0.4 is 0 Å². The van der Waals surface area contributed by atoms with Crippen LogP contribution in [0.3, 0.4) is 0 Å². The number of phosphoric ester groups is 2. The molecule has 0 aromatic rings. The van der Waals surface area contributed by atoms with E-state index < -0.39 is 97.5 Å². The number of unbranched alkanes of at least 4 members (excludes halogenated alkanes) is 59. The summed E-state index contributed by atoms with van der Waals surface area (Å²) in [6, 6.07) is 0. The van der Waals surface area contributed by atoms with Crippen LogP contribution in [0.25, 0.3) is 0 Å². The molecule has 0 amide bonds. The molecular formula is C87H170O17P2. The molecule has 0 aromatic carbocycles. The van der Waals surface area contributed by atoms with E-state index in [-0.39, 0.29) is 25.7 Å². The van der Waals surface area contributed by atoms with E-state index in [4.69, 9.17) is 37.0 Å². The normalized spacial score (nSPS) is 13.7. The number of carbonyl (C=O) groups is 4. The van der Waals surface area contributed by atoms with E-state index in [0.717, 1.165) is 95.8 Å². The molecule has 0 heterocycles. The predicted molar refractivity (Wildman–Crippen MR) is 437 cm³/mol. The fourth-order valence-corrected chi connectivity index (χ4v) is 15.2. The molecule has 0 rings (SSSR count). The van der Waals surface area contributed by atoms with Gasteiger partial charge in [-0.25, -0.2) is 9.13 Å². The van der Waals surface area contributed by atoms with Gasteiger partial charge in [-0.15, -0.1) is 0 Å². The molecule has 0 aliphatic carbocycles. The van der Waals surface area contributed by atoms with Gasteiger partial charge in [0.2, 0.25) is 0 Å². The first-order valence-electron chi connectivity index (χ1n) is 45.1. The molecule has 106 heavy (non-hydrogen) atoms. The average molecular weight is 1550 g/mol. The minimum absolute atomic E-state index is 0.108. The van der Waals surface area contributed by atoms with Crippen LogP contribution >= 0.6 is 15.6 Å². The zero-order valence-electron chi connectivity index (χ0n) is 69.6. The predicted octanol–water partition coefficient (Wildman–Crippen LogP) is 26.8. The Morgan fingerprint density at radius 3 is 0.642 bits per heavy atom. The zero-order valence-corrected chi connectivity index (χ0v) is 71.4. The van der Waals surface area contributed by atoms with Gasteiger partial charge in [0.15, 0.2) is 12.2 Å². The molecule has 0 aliphatic heterocycles. The molecule has 0 aliphatic rings. The van der Waals surface area contributed by atoms with Crippen LogP contribution in [0.2, 0.25) is 0 Å². The number of aliphatic hydroxyl groups is 1. The van der Waals surface area contributed by atoms with E-state index in [2.05, 4.69) is 34.6 Å². The highest BCUT2D eigenvalue weighted by Gasteiger charge is 2.30. The van der Waals surface area contributed by atoms with Crippen LogP contribution in [0, 0.1) is 5.92 Å². The van der Waals surface area contributed by atoms with Crippen LogP contribution in [0.5, 0.6) is 0 Å². The molecule has 19 heteroatoms. The molecule has 0 bridgehead atoms. The van der Waals surface area contributed by atoms with Gasteiger partial charge in [-0.1, -0.05) is 420 Å². The summed E-state index contributed by atoms with van der Waals surface area (Å²) in [5.41, 5.74) is 0. The third kappa shape index (κ3) is 80.1. The van der Waals surface area contributed by atoms with Gasteiger partial charge in [-0.3, -0.25) is 37.3 Å². The molecule has 0 saturated heterocycles. The van der Waals surface area contributed by atoms with Crippen molar-refractivity contribution in [3.63, 3.8) is 0 Å². The number of carbonyl (C=O) groups excluding carboxylic acids is 4. The molecule has 17 nitrogen and oxygen atoms in total. The monoisotopic (exact) mass is 1550 g/mol. The van der Waals surface area contributed by atoms with Gasteiger partial charge in [0.05, 0.1) is 26.4 Å². The van der Waals surface area contributed by atoms with E-state index in [1.54, 1.807) is 0 Å². The summed E-state index contributed by atoms with van der Waals surface area (Å²) in [4.78, 5) is 73.3. The molecule has 0 radical (unpaired) electrons. The Kier molecular flexibility index (Phi) is 78.2. The maximum atomic E-state index is 13.2. The fourth-order valence-electron chi connectivity index (χ4n) is 13.6. The quantitative estimate of drug-likeness (QED) is 0.0222. The molecule has 0 aromatic heterocycles. The van der Waals surface area contributed by atoms with Gasteiger partial charge in [0.25, 0.3) is 0 Å². The number of rotatable bonds is 87. The van der Waals surface area contributed by atoms with Crippen molar-refractivity contribution in [2.75, 3.05) is 39.6 Å². The van der Waals surface area contributed by atoms with Gasteiger partial charge in [0, 0.05) is 25.7 Å². The number of esters is 4. The lowest BCUT2D eigenvalue weighted by atomic mass is 10.0. The van der Waals surface area contributed by atoms with E-state index >= 15 is 0 Å². The second-order valence-corrected chi connectivity index (χ2v) is 34.7. The molecule has 2 unspecified atom stereocenters. The number of hydrogen-bond donors (Lipinski definition) is 3. The Morgan fingerprint density at radius 2 is 0.434 bits per heavy atom. The highest BCUT2D eigenvalue weighted by atomic mass is 31.2. The average Bonchev–Trinajstić information content (AvgIpc) is 0.904. The van der Waals surface area contributed by atoms with Crippen molar-refractivity contribution in [2.24, 2.45) is 5.92 Å². The molecule has 630 valence electrons. The number of phosphoric acid groups is 2. The first-order chi connectivity index (χ1) is 51.5. The van der Waals surface area contributed by atoms with Crippen LogP contribution in [0.1, 0.15) is 471 Å². The molecule has 0 saturated carbocycles. The van der Waals surface area contributed by atoms with Gasteiger partial charge < -0.3 is 33.8 Å². The Morgan fingerprint density at radius 1 is 0.255 bits per heavy atom. The van der Waals surface area contributed by atoms with Crippen molar-refractivity contribution in [3.8, 4) is 0 Å². The van der Waals surface area contributed by atoms with Crippen LogP contribution in [0.4, 0.5) is 0 Å². The van der Waals surface area contributed by atoms with E-state index in [1.165, 1.54) is 295 Å². The molecule has 0 spiro atoms. The Balaban J connectivity index is 5.24. The summed E-state index contributed by atoms with van der Waals surface area (Å²) >= 11 is 0. The number of hydrogen-bond acceptors (Lipinski definition) is 15. The van der Waals surface area contributed by atoms with E-state index in [0.29, 0.717) is 25.7 Å². The van der Waals surface area contributed by atoms with Crippen LogP contribution in [-0.4, -0.2) is 96.7 Å². The highest BCUT2D eigenvalue weighted by molar-refractivity contribution is 7.47. The summed E-state index contributed by atoms with van der Waals surface area (Å²) in [5, 5.41) is 10.7. The second kappa shape index (κ2) is 79.7. The van der Waals surface area contributed by atoms with Crippen molar-refractivity contribution >= 4 is 39.5 Å². The third-order valence-corrected chi connectivity index (χ3v) is 22.4. The summed E-state index contributed by atoms with van der Waals surface area (Å²) < 4.78 is 68.9. The minimum Gasteiger partial charge on any atom is -0.462 e. The van der Waals surface area contributed by atoms with Crippen molar-refractivity contribution in [2.45, 2.75) is 490 Å². The van der Waals surface area contributed by atoms with Gasteiger partial charge in [-0.2, -0.15) is 0 Å². The first-order valence-corrected chi connectivity index (χ1v) is 48.1. The second-order valence-electron chi connectivity index (χ2n) is 31.8. The SMILES string of the molecule is CCCCCCCCCCCCCCCCCCCCCCC(=O)O[C@H](COC(=O)CCCCCCCCCCCCCCCCCCCC)COP(=O)(O)OC[C@@H](O)COP(=O)(O)OC[C@@H](COC(=O)CCCCCCCCCCCCC)OC(=O)CCCCCCCCCCCCCCCCC(C)C. The molecule has 5 atom stereocenters. The molecular weight excluding hydrogens is 1380 g/mol. The van der Waals surface area contributed by atoms with Crippen molar-refractivity contribution in [3.05, 3.63) is 0 Å². The first kappa shape index (κ1) is 104. The zero-order chi connectivity index (χ0) is 77.6. The summed E-state index contributed by atoms with van der Waals surface area (Å²) in [5.74, 6) is -1.30. The van der Waals surface area contributed by atoms with Crippen LogP contribution in [-0.2, 0) is 65.4 Å². The van der Waals surface area contributed by atoms with Crippen molar-refractivity contribution in [1.29, 1.82) is 0 Å². The summed E-state index contributed by atoms with van der Waals surface area (Å²) in [7, 11) is -9.93. The van der Waals surface area contributed by atoms with Crippen molar-refractivity contribution < 1.29 is 80.2 Å². The smallest absolute Gasteiger partial charge is 0.462 e. The lowest BCUT2D eigenvalue weighted by Gasteiger charge is -2.21. The summed E-state index contributed by atoms with van der Waals surface area (Å²) in [6.07, 6.45) is 73.6. The lowest BCUT2D eigenvalue weighted by Crippen LogP contribution is -2.30. The third-order valence-electron chi connectivity index (χ3n) is 20.5. The van der Waals surface area contributed by atoms with Crippen molar-refractivity contribution in [1.82, 2.24) is 0 Å². The van der Waals surface area contributed by atoms with Gasteiger partial charge in [0.1, 0.15) is 19.3 Å². The highest BCUT2D eigenvalue weighted by Crippen LogP contribution is 2.45. The van der Waals surface area contributed by atoms with Gasteiger partial charge >= 0.3 is 39.5 Å². The largest absolute Gasteiger partial charge is 0.472 e. The standard InChI is InChI=1S/C87H170O17P2/c1-6-9-12-15-18-21-24-26-28-30-32-33-35-37-42-47-52-57-62-67-72-86(91)104-83(77-98-85(90)71-66-61-56-51-46-41-36-34-31-29-27-25-22-19-16-13-10-7-2)79-102-106(95,96)100-75-81(88)74-99-105(93,94)101-78-82(76-97-84(89)70-65-60-55-50-44-23-20-17-14-11-8-3)103-87(92)73-68-63-58-53-48-43-39-38-40-45-49-54-59-64-69-80(4)5/h80-83,88H,6-79H2,1-5H3,(H,93,94)(H,95,96)/t81-,82+,83+/m0/s1. The topological polar surface area (TPSA) is 237 Å². The summed E-state index contributed by atoms with van der Waals surface area (Å²) in [6.45, 7) is 7.39. The number of aliphatic hydroxyl groups excluding tert-OH is 1. The Hall–Kier alpha value is -1.94. The lowest BCUT2D eigenvalue weighted by molar-refractivity contribution is -0.161. The van der Waals surface area contributed by atoms with E-state index in [1.807, 2.05) is 0 Å². The fraction of sp³-hybridized carbons (Fsp3) is 0.954. The number of ether oxygens (including phenoxy) is 4. The molecule has 0 fully saturated rings. The maximum Gasteiger partial charge on any atom is 0.472 e. The Labute approximate surface area is 651 Å². The Bertz CT molecular complexity index is 2010. The minimum atomic E-state index is -4.97. The van der Waals surface area contributed by atoms with E-state index in [9.17, 15) is 43.2 Å². The molecule has 3 N–H and O–H groups in total. The van der Waals surface area contributed by atoms with Gasteiger partial charge in [-0.05, 0) is 31.6 Å².